The Hall–Kier alpha value is -0.730. The van der Waals surface area contributed by atoms with Crippen molar-refractivity contribution in [3.8, 4) is 0 Å². The second kappa shape index (κ2) is 3.33. The molecule has 70 valence electrons. The molecule has 0 amide bonds. The highest BCUT2D eigenvalue weighted by Gasteiger charge is 2.29. The van der Waals surface area contributed by atoms with Crippen molar-refractivity contribution in [3.05, 3.63) is 0 Å². The number of hydrogen-bond acceptors (Lipinski definition) is 2. The van der Waals surface area contributed by atoms with Gasteiger partial charge in [0.2, 0.25) is 0 Å². The van der Waals surface area contributed by atoms with Crippen LogP contribution in [0.5, 0.6) is 0 Å². The molecule has 0 heterocycles. The summed E-state index contributed by atoms with van der Waals surface area (Å²) in [4.78, 5) is 10.3. The number of ether oxygens (including phenoxy) is 1. The van der Waals surface area contributed by atoms with Crippen LogP contribution in [-0.4, -0.2) is 17.4 Å². The molecule has 1 saturated carbocycles. The predicted octanol–water partition coefficient (Wildman–Crippen LogP) is 2.65. The summed E-state index contributed by atoms with van der Waals surface area (Å²) in [6.07, 6.45) is 2.77. The first kappa shape index (κ1) is 9.36. The van der Waals surface area contributed by atoms with E-state index in [1.807, 2.05) is 0 Å². The first-order valence-corrected chi connectivity index (χ1v) is 4.39. The Labute approximate surface area is 72.7 Å². The van der Waals surface area contributed by atoms with Crippen LogP contribution < -0.4 is 0 Å². The molecule has 0 aromatic rings. The van der Waals surface area contributed by atoms with Gasteiger partial charge in [-0.2, -0.15) is 0 Å². The third-order valence-electron chi connectivity index (χ3n) is 2.43. The Balaban J connectivity index is 2.41. The van der Waals surface area contributed by atoms with Crippen LogP contribution >= 0.6 is 0 Å². The van der Waals surface area contributed by atoms with Gasteiger partial charge in [-0.3, -0.25) is 0 Å². The van der Waals surface area contributed by atoms with Crippen LogP contribution in [0.3, 0.4) is 0 Å². The number of carbonyl (C=O) groups is 1. The summed E-state index contributed by atoms with van der Waals surface area (Å²) in [5, 5.41) is 8.41. The van der Waals surface area contributed by atoms with Crippen LogP contribution in [0.4, 0.5) is 4.79 Å². The molecule has 3 nitrogen and oxygen atoms in total. The van der Waals surface area contributed by atoms with E-state index in [1.165, 1.54) is 6.42 Å². The van der Waals surface area contributed by atoms with Crippen LogP contribution in [0.1, 0.15) is 39.5 Å². The maximum absolute atomic E-state index is 10.3. The Kier molecular flexibility index (Phi) is 2.60. The van der Waals surface area contributed by atoms with E-state index < -0.39 is 6.16 Å². The van der Waals surface area contributed by atoms with Crippen molar-refractivity contribution >= 4 is 6.16 Å². The number of hydrogen-bond donors (Lipinski definition) is 1. The van der Waals surface area contributed by atoms with Crippen LogP contribution in [0.2, 0.25) is 0 Å². The monoisotopic (exact) mass is 172 g/mol. The van der Waals surface area contributed by atoms with Gasteiger partial charge in [-0.1, -0.05) is 13.8 Å². The lowest BCUT2D eigenvalue weighted by molar-refractivity contribution is 0.00957. The minimum Gasteiger partial charge on any atom is -0.450 e. The van der Waals surface area contributed by atoms with E-state index in [0.29, 0.717) is 0 Å². The molecule has 0 bridgehead atoms. The summed E-state index contributed by atoms with van der Waals surface area (Å²) >= 11 is 0. The summed E-state index contributed by atoms with van der Waals surface area (Å²) in [6, 6.07) is 0. The lowest BCUT2D eigenvalue weighted by Gasteiger charge is -2.33. The fourth-order valence-corrected chi connectivity index (χ4v) is 1.87. The normalized spacial score (nSPS) is 28.0. The maximum Gasteiger partial charge on any atom is 0.506 e. The molecule has 0 aliphatic heterocycles. The highest BCUT2D eigenvalue weighted by Crippen LogP contribution is 2.36. The van der Waals surface area contributed by atoms with Gasteiger partial charge in [-0.25, -0.2) is 4.79 Å². The highest BCUT2D eigenvalue weighted by atomic mass is 16.7. The molecule has 1 atom stereocenters. The van der Waals surface area contributed by atoms with Gasteiger partial charge >= 0.3 is 6.16 Å². The largest absolute Gasteiger partial charge is 0.506 e. The summed E-state index contributed by atoms with van der Waals surface area (Å²) in [5.74, 6) is 0. The average Bonchev–Trinajstić information content (AvgIpc) is 1.82. The third-order valence-corrected chi connectivity index (χ3v) is 2.43. The second-order valence-electron chi connectivity index (χ2n) is 4.27. The van der Waals surface area contributed by atoms with Crippen molar-refractivity contribution < 1.29 is 14.6 Å². The van der Waals surface area contributed by atoms with E-state index in [0.717, 1.165) is 19.3 Å². The van der Waals surface area contributed by atoms with Crippen LogP contribution in [0.25, 0.3) is 0 Å². The molecule has 1 fully saturated rings. The summed E-state index contributed by atoms with van der Waals surface area (Å²) in [5.41, 5.74) is 0.248. The first-order valence-electron chi connectivity index (χ1n) is 4.39. The fraction of sp³-hybridized carbons (Fsp3) is 0.889. The molecular formula is C9H16O3. The van der Waals surface area contributed by atoms with E-state index in [1.54, 1.807) is 0 Å². The molecule has 1 unspecified atom stereocenters. The molecule has 1 rings (SSSR count). The third kappa shape index (κ3) is 2.72. The lowest BCUT2D eigenvalue weighted by Crippen LogP contribution is -2.29. The quantitative estimate of drug-likeness (QED) is 0.618. The molecule has 0 saturated heterocycles. The SMILES string of the molecule is CC1(C)CCCC(OC(=O)O)C1. The average molecular weight is 172 g/mol. The topological polar surface area (TPSA) is 46.5 Å². The zero-order valence-corrected chi connectivity index (χ0v) is 7.67. The smallest absolute Gasteiger partial charge is 0.450 e. The van der Waals surface area contributed by atoms with Gasteiger partial charge in [0.25, 0.3) is 0 Å². The molecule has 12 heavy (non-hydrogen) atoms. The number of rotatable bonds is 1. The van der Waals surface area contributed by atoms with E-state index in [2.05, 4.69) is 13.8 Å². The molecule has 0 spiro atoms. The van der Waals surface area contributed by atoms with E-state index >= 15 is 0 Å². The van der Waals surface area contributed by atoms with E-state index in [9.17, 15) is 4.79 Å². The van der Waals surface area contributed by atoms with Crippen LogP contribution in [0.15, 0.2) is 0 Å². The summed E-state index contributed by atoms with van der Waals surface area (Å²) < 4.78 is 4.74. The van der Waals surface area contributed by atoms with Gasteiger partial charge in [0, 0.05) is 0 Å². The second-order valence-corrected chi connectivity index (χ2v) is 4.27. The molecule has 1 aliphatic rings. The molecule has 3 heteroatoms. The fourth-order valence-electron chi connectivity index (χ4n) is 1.87. The van der Waals surface area contributed by atoms with Crippen molar-refractivity contribution in [1.29, 1.82) is 0 Å². The van der Waals surface area contributed by atoms with Gasteiger partial charge in [-0.15, -0.1) is 0 Å². The zero-order chi connectivity index (χ0) is 9.19. The Morgan fingerprint density at radius 3 is 2.75 bits per heavy atom. The van der Waals surface area contributed by atoms with Crippen molar-refractivity contribution in [2.45, 2.75) is 45.6 Å². The van der Waals surface area contributed by atoms with E-state index in [4.69, 9.17) is 9.84 Å². The van der Waals surface area contributed by atoms with Crippen molar-refractivity contribution in [2.75, 3.05) is 0 Å². The van der Waals surface area contributed by atoms with Crippen molar-refractivity contribution in [2.24, 2.45) is 5.41 Å². The molecule has 0 aromatic carbocycles. The summed E-state index contributed by atoms with van der Waals surface area (Å²) in [6.45, 7) is 4.31. The van der Waals surface area contributed by atoms with Crippen molar-refractivity contribution in [3.63, 3.8) is 0 Å². The molecule has 0 aromatic heterocycles. The summed E-state index contributed by atoms with van der Waals surface area (Å²) in [7, 11) is 0. The van der Waals surface area contributed by atoms with Crippen molar-refractivity contribution in [1.82, 2.24) is 0 Å². The van der Waals surface area contributed by atoms with Gasteiger partial charge < -0.3 is 9.84 Å². The molecule has 1 N–H and O–H groups in total. The zero-order valence-electron chi connectivity index (χ0n) is 7.67. The maximum atomic E-state index is 10.3. The van der Waals surface area contributed by atoms with Gasteiger partial charge in [0.1, 0.15) is 6.10 Å². The minimum absolute atomic E-state index is 0.0775. The van der Waals surface area contributed by atoms with Gasteiger partial charge in [-0.05, 0) is 31.1 Å². The Bertz CT molecular complexity index is 175. The highest BCUT2D eigenvalue weighted by molar-refractivity contribution is 5.57. The molecule has 0 radical (unpaired) electrons. The van der Waals surface area contributed by atoms with Crippen LogP contribution in [0, 0.1) is 5.41 Å². The lowest BCUT2D eigenvalue weighted by atomic mass is 9.76. The standard InChI is InChI=1S/C9H16O3/c1-9(2)5-3-4-7(6-9)12-8(10)11/h7H,3-6H2,1-2H3,(H,10,11). The molecular weight excluding hydrogens is 156 g/mol. The van der Waals surface area contributed by atoms with E-state index in [-0.39, 0.29) is 11.5 Å². The minimum atomic E-state index is -1.14. The predicted molar refractivity (Wildman–Crippen MR) is 45.1 cm³/mol. The Morgan fingerprint density at radius 2 is 2.25 bits per heavy atom. The molecule has 1 aliphatic carbocycles. The van der Waals surface area contributed by atoms with Gasteiger partial charge in [0.05, 0.1) is 0 Å². The Morgan fingerprint density at radius 1 is 1.58 bits per heavy atom. The number of carboxylic acid groups (broad SMARTS) is 1. The van der Waals surface area contributed by atoms with Gasteiger partial charge in [0.15, 0.2) is 0 Å². The van der Waals surface area contributed by atoms with Crippen LogP contribution in [-0.2, 0) is 4.74 Å². The first-order chi connectivity index (χ1) is 5.49.